The van der Waals surface area contributed by atoms with Crippen LogP contribution >= 0.6 is 11.3 Å². The van der Waals surface area contributed by atoms with Gasteiger partial charge < -0.3 is 4.74 Å². The molecule has 0 atom stereocenters. The van der Waals surface area contributed by atoms with Crippen molar-refractivity contribution >= 4 is 22.7 Å². The first-order valence-electron chi connectivity index (χ1n) is 8.84. The molecule has 4 nitrogen and oxygen atoms in total. The van der Waals surface area contributed by atoms with E-state index in [0.717, 1.165) is 23.2 Å². The summed E-state index contributed by atoms with van der Waals surface area (Å²) in [6.07, 6.45) is 2.51. The summed E-state index contributed by atoms with van der Waals surface area (Å²) in [5.41, 5.74) is 5.64. The van der Waals surface area contributed by atoms with Crippen LogP contribution in [0.1, 0.15) is 25.8 Å². The van der Waals surface area contributed by atoms with E-state index in [1.807, 2.05) is 35.7 Å². The number of benzene rings is 2. The molecule has 1 heterocycles. The van der Waals surface area contributed by atoms with Gasteiger partial charge in [-0.05, 0) is 30.0 Å². The molecular formula is C21H22FN3OS. The summed E-state index contributed by atoms with van der Waals surface area (Å²) < 4.78 is 19.4. The molecule has 3 aromatic rings. The average molecular weight is 383 g/mol. The third kappa shape index (κ3) is 5.62. The molecule has 0 unspecified atom stereocenters. The molecule has 1 aromatic heterocycles. The van der Waals surface area contributed by atoms with Crippen LogP contribution in [0.15, 0.2) is 59.0 Å². The van der Waals surface area contributed by atoms with Crippen molar-refractivity contribution in [3.63, 3.8) is 0 Å². The number of hydrogen-bond donors (Lipinski definition) is 1. The summed E-state index contributed by atoms with van der Waals surface area (Å²) in [7, 11) is 0. The number of ether oxygens (including phenoxy) is 1. The minimum Gasteiger partial charge on any atom is -0.490 e. The number of nitrogens with one attached hydrogen (secondary N) is 1. The Bertz CT molecular complexity index is 893. The second kappa shape index (κ2) is 9.28. The molecule has 0 radical (unpaired) electrons. The number of anilines is 1. The molecule has 0 aliphatic heterocycles. The number of halogens is 1. The van der Waals surface area contributed by atoms with E-state index in [4.69, 9.17) is 4.74 Å². The monoisotopic (exact) mass is 383 g/mol. The molecule has 3 rings (SSSR count). The van der Waals surface area contributed by atoms with Crippen molar-refractivity contribution in [1.82, 2.24) is 4.98 Å². The zero-order valence-electron chi connectivity index (χ0n) is 15.4. The molecule has 0 aliphatic rings. The van der Waals surface area contributed by atoms with Crippen molar-refractivity contribution in [1.29, 1.82) is 0 Å². The third-order valence-corrected chi connectivity index (χ3v) is 4.60. The highest BCUT2D eigenvalue weighted by Gasteiger charge is 2.06. The number of aromatic nitrogens is 1. The van der Waals surface area contributed by atoms with Crippen molar-refractivity contribution in [2.45, 2.75) is 20.3 Å². The number of thiazole rings is 1. The Kier molecular flexibility index (Phi) is 6.54. The summed E-state index contributed by atoms with van der Waals surface area (Å²) in [6.45, 7) is 4.71. The zero-order valence-corrected chi connectivity index (χ0v) is 16.2. The quantitative estimate of drug-likeness (QED) is 0.394. The zero-order chi connectivity index (χ0) is 19.1. The summed E-state index contributed by atoms with van der Waals surface area (Å²) in [6, 6.07) is 14.7. The molecule has 6 heteroatoms. The van der Waals surface area contributed by atoms with Crippen LogP contribution in [0.5, 0.6) is 5.75 Å². The van der Waals surface area contributed by atoms with Gasteiger partial charge >= 0.3 is 0 Å². The highest BCUT2D eigenvalue weighted by atomic mass is 32.1. The van der Waals surface area contributed by atoms with Gasteiger partial charge in [0.25, 0.3) is 0 Å². The minimum atomic E-state index is -0.365. The van der Waals surface area contributed by atoms with Gasteiger partial charge in [0.2, 0.25) is 5.13 Å². The topological polar surface area (TPSA) is 46.5 Å². The first-order valence-corrected chi connectivity index (χ1v) is 9.72. The van der Waals surface area contributed by atoms with Gasteiger partial charge in [0, 0.05) is 10.9 Å². The van der Waals surface area contributed by atoms with Crippen molar-refractivity contribution < 1.29 is 9.13 Å². The number of hydrogen-bond acceptors (Lipinski definition) is 5. The van der Waals surface area contributed by atoms with Crippen LogP contribution in [0.2, 0.25) is 0 Å². The van der Waals surface area contributed by atoms with Crippen LogP contribution in [-0.2, 0) is 0 Å². The molecule has 0 saturated heterocycles. The lowest BCUT2D eigenvalue weighted by Crippen LogP contribution is -2.03. The van der Waals surface area contributed by atoms with E-state index >= 15 is 0 Å². The van der Waals surface area contributed by atoms with Crippen LogP contribution < -0.4 is 10.2 Å². The lowest BCUT2D eigenvalue weighted by Gasteiger charge is -2.09. The highest BCUT2D eigenvalue weighted by Crippen LogP contribution is 2.24. The summed E-state index contributed by atoms with van der Waals surface area (Å²) >= 11 is 1.48. The molecule has 0 bridgehead atoms. The van der Waals surface area contributed by atoms with Gasteiger partial charge in [-0.2, -0.15) is 5.10 Å². The Morgan fingerprint density at radius 2 is 2.04 bits per heavy atom. The Morgan fingerprint density at radius 1 is 1.22 bits per heavy atom. The summed E-state index contributed by atoms with van der Waals surface area (Å²) in [5, 5.41) is 6.87. The highest BCUT2D eigenvalue weighted by molar-refractivity contribution is 7.14. The molecule has 27 heavy (non-hydrogen) atoms. The Morgan fingerprint density at radius 3 is 2.81 bits per heavy atom. The van der Waals surface area contributed by atoms with Crippen LogP contribution in [0.25, 0.3) is 11.3 Å². The molecule has 1 N–H and O–H groups in total. The lowest BCUT2D eigenvalue weighted by molar-refractivity contribution is 0.277. The Hall–Kier alpha value is -2.73. The van der Waals surface area contributed by atoms with Gasteiger partial charge in [-0.15, -0.1) is 11.3 Å². The van der Waals surface area contributed by atoms with Gasteiger partial charge in [-0.1, -0.05) is 50.2 Å². The van der Waals surface area contributed by atoms with E-state index in [9.17, 15) is 4.39 Å². The normalized spacial score (nSPS) is 11.3. The maximum absolute atomic E-state index is 13.9. The van der Waals surface area contributed by atoms with E-state index < -0.39 is 0 Å². The van der Waals surface area contributed by atoms with Gasteiger partial charge in [-0.25, -0.2) is 9.37 Å². The minimum absolute atomic E-state index is 0.250. The average Bonchev–Trinajstić information content (AvgIpc) is 3.13. The molecular weight excluding hydrogens is 361 g/mol. The first-order chi connectivity index (χ1) is 13.1. The molecule has 2 aromatic carbocycles. The second-order valence-corrected chi connectivity index (χ2v) is 7.35. The molecule has 0 saturated carbocycles. The maximum Gasteiger partial charge on any atom is 0.203 e. The van der Waals surface area contributed by atoms with Gasteiger partial charge in [0.05, 0.1) is 18.5 Å². The Balaban J connectivity index is 1.60. The van der Waals surface area contributed by atoms with E-state index in [2.05, 4.69) is 29.4 Å². The number of nitrogens with zero attached hydrogens (tertiary/aromatic N) is 2. The fourth-order valence-electron chi connectivity index (χ4n) is 2.34. The standard InChI is InChI=1S/C21H22FN3OS/c1-15(2)10-11-26-20-12-16(8-9-18(20)22)13-23-25-21-24-19(14-27-21)17-6-4-3-5-7-17/h3-9,12-15H,10-11H2,1-2H3,(H,24,25). The summed E-state index contributed by atoms with van der Waals surface area (Å²) in [5.74, 6) is 0.401. The van der Waals surface area contributed by atoms with Crippen molar-refractivity contribution in [3.8, 4) is 17.0 Å². The van der Waals surface area contributed by atoms with Crippen LogP contribution in [0.4, 0.5) is 9.52 Å². The fourth-order valence-corrected chi connectivity index (χ4v) is 3.01. The van der Waals surface area contributed by atoms with E-state index in [1.165, 1.54) is 17.4 Å². The van der Waals surface area contributed by atoms with Crippen LogP contribution in [0, 0.1) is 11.7 Å². The predicted molar refractivity (Wildman–Crippen MR) is 110 cm³/mol. The summed E-state index contributed by atoms with van der Waals surface area (Å²) in [4.78, 5) is 4.51. The second-order valence-electron chi connectivity index (χ2n) is 6.49. The van der Waals surface area contributed by atoms with Gasteiger partial charge in [0.1, 0.15) is 0 Å². The van der Waals surface area contributed by atoms with Gasteiger partial charge in [-0.3, -0.25) is 5.43 Å². The largest absolute Gasteiger partial charge is 0.490 e. The van der Waals surface area contributed by atoms with E-state index in [1.54, 1.807) is 18.3 Å². The predicted octanol–water partition coefficient (Wildman–Crippen LogP) is 5.82. The Labute approximate surface area is 162 Å². The smallest absolute Gasteiger partial charge is 0.203 e. The number of rotatable bonds is 8. The van der Waals surface area contributed by atoms with Crippen LogP contribution in [0.3, 0.4) is 0 Å². The molecule has 140 valence electrons. The molecule has 0 amide bonds. The van der Waals surface area contributed by atoms with E-state index in [-0.39, 0.29) is 11.6 Å². The number of hydrazone groups is 1. The first kappa shape index (κ1) is 19.0. The van der Waals surface area contributed by atoms with Crippen LogP contribution in [-0.4, -0.2) is 17.8 Å². The fraction of sp³-hybridized carbons (Fsp3) is 0.238. The van der Waals surface area contributed by atoms with Crippen molar-refractivity contribution in [2.75, 3.05) is 12.0 Å². The SMILES string of the molecule is CC(C)CCOc1cc(C=NNc2nc(-c3ccccc3)cs2)ccc1F. The van der Waals surface area contributed by atoms with Crippen molar-refractivity contribution in [2.24, 2.45) is 11.0 Å². The molecule has 0 aliphatic carbocycles. The van der Waals surface area contributed by atoms with E-state index in [0.29, 0.717) is 17.7 Å². The molecule has 0 fully saturated rings. The van der Waals surface area contributed by atoms with Crippen molar-refractivity contribution in [3.05, 3.63) is 65.3 Å². The lowest BCUT2D eigenvalue weighted by atomic mass is 10.1. The van der Waals surface area contributed by atoms with Gasteiger partial charge in [0.15, 0.2) is 11.6 Å². The third-order valence-electron chi connectivity index (χ3n) is 3.86. The maximum atomic E-state index is 13.9. The molecule has 0 spiro atoms.